The minimum atomic E-state index is 0.193. The maximum atomic E-state index is 11.7. The number of nitrogens with zero attached hydrogens (tertiary/aromatic N) is 1. The summed E-state index contributed by atoms with van der Waals surface area (Å²) in [5.41, 5.74) is 1.22. The Balaban J connectivity index is 1.72. The molecule has 112 valence electrons. The summed E-state index contributed by atoms with van der Waals surface area (Å²) in [4.78, 5) is 11.7. The summed E-state index contributed by atoms with van der Waals surface area (Å²) in [5.74, 6) is 1.66. The van der Waals surface area contributed by atoms with Crippen LogP contribution in [0.1, 0.15) is 39.5 Å². The van der Waals surface area contributed by atoms with E-state index in [1.807, 2.05) is 19.9 Å². The van der Waals surface area contributed by atoms with Gasteiger partial charge in [0, 0.05) is 36.0 Å². The average molecular weight is 285 g/mol. The molecule has 0 N–H and O–H groups in total. The first kappa shape index (κ1) is 14.2. The molecule has 1 aromatic heterocycles. The van der Waals surface area contributed by atoms with Crippen molar-refractivity contribution in [3.63, 3.8) is 0 Å². The van der Waals surface area contributed by atoms with E-state index in [2.05, 4.69) is 29.0 Å². The number of hydrogen-bond donors (Lipinski definition) is 0. The second-order valence-corrected chi connectivity index (χ2v) is 6.24. The second-order valence-electron chi connectivity index (χ2n) is 6.24. The molecular weight excluding hydrogens is 262 g/mol. The molecule has 1 aliphatic carbocycles. The summed E-state index contributed by atoms with van der Waals surface area (Å²) in [7, 11) is 0. The predicted octanol–water partition coefficient (Wildman–Crippen LogP) is 4.19. The SMILES string of the molecule is CC(C)Oc1ccc2c(ccn2CCC2CCCC2=O)c1. The van der Waals surface area contributed by atoms with Crippen LogP contribution in [0, 0.1) is 5.92 Å². The van der Waals surface area contributed by atoms with E-state index in [-0.39, 0.29) is 12.0 Å². The molecule has 0 bridgehead atoms. The van der Waals surface area contributed by atoms with Gasteiger partial charge in [-0.25, -0.2) is 0 Å². The molecule has 0 spiro atoms. The van der Waals surface area contributed by atoms with Crippen LogP contribution < -0.4 is 4.74 Å². The number of fused-ring (bicyclic) bond motifs is 1. The van der Waals surface area contributed by atoms with Crippen molar-refractivity contribution in [3.8, 4) is 5.75 Å². The highest BCUT2D eigenvalue weighted by molar-refractivity contribution is 5.83. The number of aryl methyl sites for hydroxylation is 1. The van der Waals surface area contributed by atoms with Crippen LogP contribution in [0.25, 0.3) is 10.9 Å². The second kappa shape index (κ2) is 5.92. The fourth-order valence-corrected chi connectivity index (χ4v) is 3.21. The van der Waals surface area contributed by atoms with Gasteiger partial charge in [0.15, 0.2) is 0 Å². The molecule has 3 rings (SSSR count). The molecule has 1 aliphatic rings. The predicted molar refractivity (Wildman–Crippen MR) is 84.7 cm³/mol. The van der Waals surface area contributed by atoms with Crippen molar-refractivity contribution < 1.29 is 9.53 Å². The molecule has 1 aromatic carbocycles. The number of hydrogen-bond acceptors (Lipinski definition) is 2. The molecule has 1 unspecified atom stereocenters. The van der Waals surface area contributed by atoms with Gasteiger partial charge in [0.05, 0.1) is 6.10 Å². The van der Waals surface area contributed by atoms with Crippen molar-refractivity contribution in [1.29, 1.82) is 0 Å². The third kappa shape index (κ3) is 3.12. The van der Waals surface area contributed by atoms with Gasteiger partial charge in [-0.1, -0.05) is 0 Å². The van der Waals surface area contributed by atoms with E-state index >= 15 is 0 Å². The lowest BCUT2D eigenvalue weighted by Crippen LogP contribution is -2.10. The Kier molecular flexibility index (Phi) is 4.00. The van der Waals surface area contributed by atoms with Crippen molar-refractivity contribution in [2.24, 2.45) is 5.92 Å². The number of ether oxygens (including phenoxy) is 1. The lowest BCUT2D eigenvalue weighted by atomic mass is 10.0. The van der Waals surface area contributed by atoms with E-state index in [1.165, 1.54) is 10.9 Å². The molecule has 2 aromatic rings. The van der Waals surface area contributed by atoms with Gasteiger partial charge in [0.2, 0.25) is 0 Å². The van der Waals surface area contributed by atoms with Crippen LogP contribution in [-0.2, 0) is 11.3 Å². The third-order valence-electron chi connectivity index (χ3n) is 4.26. The number of Topliss-reactive ketones (excluding diaryl/α,β-unsaturated/α-hetero) is 1. The Hall–Kier alpha value is -1.77. The fourth-order valence-electron chi connectivity index (χ4n) is 3.21. The summed E-state index contributed by atoms with van der Waals surface area (Å²) in [6, 6.07) is 8.36. The molecule has 1 heterocycles. The van der Waals surface area contributed by atoms with Gasteiger partial charge in [-0.2, -0.15) is 0 Å². The molecular formula is C18H23NO2. The summed E-state index contributed by atoms with van der Waals surface area (Å²) < 4.78 is 7.98. The number of rotatable bonds is 5. The van der Waals surface area contributed by atoms with Crippen molar-refractivity contribution in [3.05, 3.63) is 30.5 Å². The number of aromatic nitrogens is 1. The standard InChI is InChI=1S/C18H23NO2/c1-13(2)21-16-6-7-17-15(12-16)9-11-19(17)10-8-14-4-3-5-18(14)20/h6-7,9,11-14H,3-5,8,10H2,1-2H3. The smallest absolute Gasteiger partial charge is 0.136 e. The third-order valence-corrected chi connectivity index (χ3v) is 4.26. The quantitative estimate of drug-likeness (QED) is 0.825. The molecule has 1 saturated carbocycles. The van der Waals surface area contributed by atoms with E-state index in [9.17, 15) is 4.79 Å². The topological polar surface area (TPSA) is 31.2 Å². The van der Waals surface area contributed by atoms with E-state index in [4.69, 9.17) is 4.74 Å². The van der Waals surface area contributed by atoms with Gasteiger partial charge < -0.3 is 9.30 Å². The first-order chi connectivity index (χ1) is 10.1. The van der Waals surface area contributed by atoms with Crippen LogP contribution in [-0.4, -0.2) is 16.5 Å². The molecule has 0 aliphatic heterocycles. The highest BCUT2D eigenvalue weighted by Gasteiger charge is 2.23. The zero-order chi connectivity index (χ0) is 14.8. The van der Waals surface area contributed by atoms with E-state index in [0.29, 0.717) is 5.78 Å². The Morgan fingerprint density at radius 2 is 2.19 bits per heavy atom. The highest BCUT2D eigenvalue weighted by atomic mass is 16.5. The molecule has 0 saturated heterocycles. The van der Waals surface area contributed by atoms with Crippen molar-refractivity contribution >= 4 is 16.7 Å². The van der Waals surface area contributed by atoms with E-state index in [0.717, 1.165) is 38.0 Å². The monoisotopic (exact) mass is 285 g/mol. The Bertz CT molecular complexity index is 642. The minimum Gasteiger partial charge on any atom is -0.491 e. The van der Waals surface area contributed by atoms with Crippen LogP contribution in [0.5, 0.6) is 5.75 Å². The maximum Gasteiger partial charge on any atom is 0.136 e. The van der Waals surface area contributed by atoms with Crippen molar-refractivity contribution in [2.45, 2.75) is 52.2 Å². The molecule has 3 heteroatoms. The summed E-state index contributed by atoms with van der Waals surface area (Å²) in [5, 5.41) is 1.20. The van der Waals surface area contributed by atoms with Crippen LogP contribution in [0.3, 0.4) is 0 Å². The number of benzene rings is 1. The van der Waals surface area contributed by atoms with E-state index in [1.54, 1.807) is 0 Å². The number of carbonyl (C=O) groups excluding carboxylic acids is 1. The van der Waals surface area contributed by atoms with Crippen LogP contribution >= 0.6 is 0 Å². The summed E-state index contributed by atoms with van der Waals surface area (Å²) in [6.45, 7) is 4.99. The van der Waals surface area contributed by atoms with E-state index < -0.39 is 0 Å². The normalized spacial score (nSPS) is 18.8. The summed E-state index contributed by atoms with van der Waals surface area (Å²) in [6.07, 6.45) is 6.21. The van der Waals surface area contributed by atoms with Crippen LogP contribution in [0.4, 0.5) is 0 Å². The zero-order valence-electron chi connectivity index (χ0n) is 12.8. The van der Waals surface area contributed by atoms with Gasteiger partial charge in [-0.3, -0.25) is 4.79 Å². The molecule has 3 nitrogen and oxygen atoms in total. The average Bonchev–Trinajstić information content (AvgIpc) is 3.02. The lowest BCUT2D eigenvalue weighted by Gasteiger charge is -2.11. The highest BCUT2D eigenvalue weighted by Crippen LogP contribution is 2.27. The van der Waals surface area contributed by atoms with Crippen LogP contribution in [0.2, 0.25) is 0 Å². The molecule has 0 amide bonds. The van der Waals surface area contributed by atoms with Gasteiger partial charge >= 0.3 is 0 Å². The van der Waals surface area contributed by atoms with Gasteiger partial charge in [-0.15, -0.1) is 0 Å². The number of carbonyl (C=O) groups is 1. The first-order valence-corrected chi connectivity index (χ1v) is 7.92. The Morgan fingerprint density at radius 3 is 2.90 bits per heavy atom. The van der Waals surface area contributed by atoms with Gasteiger partial charge in [0.1, 0.15) is 11.5 Å². The Labute approximate surface area is 125 Å². The van der Waals surface area contributed by atoms with Gasteiger partial charge in [0.25, 0.3) is 0 Å². The Morgan fingerprint density at radius 1 is 1.33 bits per heavy atom. The minimum absolute atomic E-state index is 0.193. The molecule has 21 heavy (non-hydrogen) atoms. The fraction of sp³-hybridized carbons (Fsp3) is 0.500. The molecule has 0 radical (unpaired) electrons. The molecule has 1 fully saturated rings. The maximum absolute atomic E-state index is 11.7. The van der Waals surface area contributed by atoms with Crippen LogP contribution in [0.15, 0.2) is 30.5 Å². The van der Waals surface area contributed by atoms with Crippen molar-refractivity contribution in [2.75, 3.05) is 0 Å². The van der Waals surface area contributed by atoms with Gasteiger partial charge in [-0.05, 0) is 57.4 Å². The summed E-state index contributed by atoms with van der Waals surface area (Å²) >= 11 is 0. The first-order valence-electron chi connectivity index (χ1n) is 7.92. The lowest BCUT2D eigenvalue weighted by molar-refractivity contribution is -0.120. The van der Waals surface area contributed by atoms with Crippen molar-refractivity contribution in [1.82, 2.24) is 4.57 Å². The number of ketones is 1. The zero-order valence-corrected chi connectivity index (χ0v) is 12.8. The molecule has 1 atom stereocenters. The largest absolute Gasteiger partial charge is 0.491 e.